The fraction of sp³-hybridized carbons (Fsp3) is 0.474. The number of ether oxygens (including phenoxy) is 3. The third-order valence-corrected chi connectivity index (χ3v) is 5.28. The van der Waals surface area contributed by atoms with Crippen molar-refractivity contribution in [1.82, 2.24) is 9.71 Å². The number of methoxy groups -OCH3 is 1. The molecule has 1 aromatic heterocycles. The quantitative estimate of drug-likeness (QED) is 0.666. The second-order valence-electron chi connectivity index (χ2n) is 7.01. The molecule has 0 aliphatic rings. The maximum Gasteiger partial charge on any atom is 0.326 e. The molecule has 1 heterocycles. The molecule has 1 N–H and O–H groups in total. The van der Waals surface area contributed by atoms with Crippen molar-refractivity contribution < 1.29 is 27.4 Å². The standard InChI is InChI=1S/C19H26N2O6S/c1-6-26-15-9-10-16(13-8-7-11-20-17(13)15)28(23,24)21-14(18(22)25-5)12-27-19(2,3)4/h7-11,14,21H,6,12H2,1-5H3. The predicted octanol–water partition coefficient (Wildman–Crippen LogP) is 2.27. The number of carbonyl (C=O) groups excluding carboxylic acids is 1. The zero-order valence-corrected chi connectivity index (χ0v) is 17.5. The average Bonchev–Trinajstić information content (AvgIpc) is 2.64. The van der Waals surface area contributed by atoms with Crippen molar-refractivity contribution in [1.29, 1.82) is 0 Å². The van der Waals surface area contributed by atoms with Gasteiger partial charge in [0.25, 0.3) is 0 Å². The summed E-state index contributed by atoms with van der Waals surface area (Å²) in [6, 6.07) is 5.06. The molecule has 0 spiro atoms. The van der Waals surface area contributed by atoms with Gasteiger partial charge in [0.2, 0.25) is 10.0 Å². The van der Waals surface area contributed by atoms with E-state index in [0.29, 0.717) is 23.3 Å². The van der Waals surface area contributed by atoms with Gasteiger partial charge in [0.15, 0.2) is 0 Å². The SMILES string of the molecule is CCOc1ccc(S(=O)(=O)NC(COC(C)(C)C)C(=O)OC)c2cccnc12. The highest BCUT2D eigenvalue weighted by Gasteiger charge is 2.30. The molecule has 0 fully saturated rings. The fourth-order valence-corrected chi connectivity index (χ4v) is 3.87. The lowest BCUT2D eigenvalue weighted by molar-refractivity contribution is -0.145. The highest BCUT2D eigenvalue weighted by Crippen LogP contribution is 2.29. The van der Waals surface area contributed by atoms with E-state index in [9.17, 15) is 13.2 Å². The van der Waals surface area contributed by atoms with E-state index in [4.69, 9.17) is 14.2 Å². The lowest BCUT2D eigenvalue weighted by Gasteiger charge is -2.24. The number of hydrogen-bond acceptors (Lipinski definition) is 7. The Morgan fingerprint density at radius 3 is 2.57 bits per heavy atom. The summed E-state index contributed by atoms with van der Waals surface area (Å²) >= 11 is 0. The summed E-state index contributed by atoms with van der Waals surface area (Å²) in [6.07, 6.45) is 1.56. The fourth-order valence-electron chi connectivity index (χ4n) is 2.50. The summed E-state index contributed by atoms with van der Waals surface area (Å²) in [5, 5.41) is 0.390. The number of esters is 1. The maximum absolute atomic E-state index is 13.0. The monoisotopic (exact) mass is 410 g/mol. The van der Waals surface area contributed by atoms with Crippen LogP contribution in [0.25, 0.3) is 10.9 Å². The van der Waals surface area contributed by atoms with Crippen molar-refractivity contribution in [2.45, 2.75) is 44.2 Å². The number of rotatable bonds is 8. The molecule has 0 aliphatic heterocycles. The highest BCUT2D eigenvalue weighted by molar-refractivity contribution is 7.89. The first-order valence-electron chi connectivity index (χ1n) is 8.83. The van der Waals surface area contributed by atoms with Gasteiger partial charge in [-0.25, -0.2) is 8.42 Å². The summed E-state index contributed by atoms with van der Waals surface area (Å²) < 4.78 is 44.3. The molecule has 0 bridgehead atoms. The van der Waals surface area contributed by atoms with E-state index in [1.54, 1.807) is 24.4 Å². The molecule has 0 aliphatic carbocycles. The molecule has 0 saturated carbocycles. The summed E-state index contributed by atoms with van der Waals surface area (Å²) in [5.41, 5.74) is -0.124. The number of hydrogen-bond donors (Lipinski definition) is 1. The molecule has 154 valence electrons. The van der Waals surface area contributed by atoms with Gasteiger partial charge in [-0.3, -0.25) is 9.78 Å². The molecule has 2 aromatic rings. The average molecular weight is 410 g/mol. The molecule has 0 radical (unpaired) electrons. The second-order valence-corrected chi connectivity index (χ2v) is 8.70. The van der Waals surface area contributed by atoms with Crippen LogP contribution < -0.4 is 9.46 Å². The zero-order valence-electron chi connectivity index (χ0n) is 16.7. The van der Waals surface area contributed by atoms with Crippen LogP contribution in [0.15, 0.2) is 35.4 Å². The van der Waals surface area contributed by atoms with E-state index in [-0.39, 0.29) is 11.5 Å². The normalized spacial score (nSPS) is 13.3. The summed E-state index contributed by atoms with van der Waals surface area (Å²) in [4.78, 5) is 16.3. The smallest absolute Gasteiger partial charge is 0.326 e. The summed E-state index contributed by atoms with van der Waals surface area (Å²) in [7, 11) is -2.88. The summed E-state index contributed by atoms with van der Waals surface area (Å²) in [5.74, 6) is -0.251. The predicted molar refractivity (Wildman–Crippen MR) is 105 cm³/mol. The lowest BCUT2D eigenvalue weighted by atomic mass is 10.2. The van der Waals surface area contributed by atoms with Gasteiger partial charge >= 0.3 is 5.97 Å². The van der Waals surface area contributed by atoms with Crippen molar-refractivity contribution in [3.05, 3.63) is 30.5 Å². The largest absolute Gasteiger partial charge is 0.492 e. The Balaban J connectivity index is 2.42. The topological polar surface area (TPSA) is 104 Å². The second kappa shape index (κ2) is 8.85. The van der Waals surface area contributed by atoms with Gasteiger partial charge in [0, 0.05) is 11.6 Å². The third kappa shape index (κ3) is 5.40. The van der Waals surface area contributed by atoms with Crippen molar-refractivity contribution >= 4 is 26.9 Å². The highest BCUT2D eigenvalue weighted by atomic mass is 32.2. The van der Waals surface area contributed by atoms with Crippen LogP contribution in [-0.2, 0) is 24.3 Å². The van der Waals surface area contributed by atoms with Crippen LogP contribution in [-0.4, -0.2) is 51.3 Å². The first-order valence-corrected chi connectivity index (χ1v) is 10.3. The van der Waals surface area contributed by atoms with E-state index in [1.165, 1.54) is 13.2 Å². The molecular weight excluding hydrogens is 384 g/mol. The lowest BCUT2D eigenvalue weighted by Crippen LogP contribution is -2.46. The van der Waals surface area contributed by atoms with Crippen molar-refractivity contribution in [2.75, 3.05) is 20.3 Å². The molecule has 28 heavy (non-hydrogen) atoms. The number of nitrogens with one attached hydrogen (secondary N) is 1. The number of sulfonamides is 1. The Labute approximate surface area is 165 Å². The Morgan fingerprint density at radius 1 is 1.25 bits per heavy atom. The van der Waals surface area contributed by atoms with Crippen LogP contribution >= 0.6 is 0 Å². The molecule has 2 rings (SSSR count). The number of fused-ring (bicyclic) bond motifs is 1. The molecule has 0 saturated heterocycles. The van der Waals surface area contributed by atoms with E-state index in [1.807, 2.05) is 27.7 Å². The van der Waals surface area contributed by atoms with Crippen molar-refractivity contribution in [3.8, 4) is 5.75 Å². The number of pyridine rings is 1. The molecule has 1 unspecified atom stereocenters. The molecular formula is C19H26N2O6S. The van der Waals surface area contributed by atoms with Gasteiger partial charge in [-0.1, -0.05) is 0 Å². The Kier molecular flexibility index (Phi) is 6.97. The molecule has 8 nitrogen and oxygen atoms in total. The van der Waals surface area contributed by atoms with E-state index < -0.39 is 27.6 Å². The first kappa shape index (κ1) is 22.1. The van der Waals surface area contributed by atoms with Gasteiger partial charge in [0.1, 0.15) is 17.3 Å². The van der Waals surface area contributed by atoms with Gasteiger partial charge in [-0.15, -0.1) is 0 Å². The van der Waals surface area contributed by atoms with Gasteiger partial charge < -0.3 is 14.2 Å². The van der Waals surface area contributed by atoms with Crippen LogP contribution in [0, 0.1) is 0 Å². The van der Waals surface area contributed by atoms with Crippen LogP contribution in [0.5, 0.6) is 5.75 Å². The Hall–Kier alpha value is -2.23. The van der Waals surface area contributed by atoms with E-state index >= 15 is 0 Å². The minimum Gasteiger partial charge on any atom is -0.492 e. The van der Waals surface area contributed by atoms with Crippen molar-refractivity contribution in [3.63, 3.8) is 0 Å². The molecule has 0 amide bonds. The van der Waals surface area contributed by atoms with E-state index in [0.717, 1.165) is 0 Å². The molecule has 9 heteroatoms. The minimum absolute atomic E-state index is 0.0104. The summed E-state index contributed by atoms with van der Waals surface area (Å²) in [6.45, 7) is 7.51. The molecule has 1 atom stereocenters. The first-order chi connectivity index (χ1) is 13.1. The number of aromatic nitrogens is 1. The number of carbonyl (C=O) groups is 1. The van der Waals surface area contributed by atoms with Gasteiger partial charge in [-0.05, 0) is 52.0 Å². The number of benzene rings is 1. The van der Waals surface area contributed by atoms with Crippen molar-refractivity contribution in [2.24, 2.45) is 0 Å². The molecule has 1 aromatic carbocycles. The maximum atomic E-state index is 13.0. The van der Waals surface area contributed by atoms with E-state index in [2.05, 4.69) is 9.71 Å². The Bertz CT molecular complexity index is 937. The van der Waals surface area contributed by atoms with Gasteiger partial charge in [-0.2, -0.15) is 4.72 Å². The zero-order chi connectivity index (χ0) is 20.9. The number of nitrogens with zero attached hydrogens (tertiary/aromatic N) is 1. The van der Waals surface area contributed by atoms with Crippen LogP contribution in [0.1, 0.15) is 27.7 Å². The van der Waals surface area contributed by atoms with Crippen LogP contribution in [0.3, 0.4) is 0 Å². The third-order valence-electron chi connectivity index (χ3n) is 3.75. The van der Waals surface area contributed by atoms with Gasteiger partial charge in [0.05, 0.1) is 30.8 Å². The van der Waals surface area contributed by atoms with Crippen LogP contribution in [0.4, 0.5) is 0 Å². The minimum atomic E-state index is -4.07. The Morgan fingerprint density at radius 2 is 1.96 bits per heavy atom. The van der Waals surface area contributed by atoms with Crippen LogP contribution in [0.2, 0.25) is 0 Å².